The maximum absolute atomic E-state index is 12.9. The van der Waals surface area contributed by atoms with E-state index in [1.807, 2.05) is 49.6 Å². The highest BCUT2D eigenvalue weighted by atomic mass is 32.1. The Morgan fingerprint density at radius 1 is 1.14 bits per heavy atom. The number of aromatic amines is 1. The van der Waals surface area contributed by atoms with Crippen LogP contribution in [0.5, 0.6) is 0 Å². The molecule has 0 fully saturated rings. The van der Waals surface area contributed by atoms with Gasteiger partial charge in [-0.05, 0) is 31.4 Å². The van der Waals surface area contributed by atoms with Crippen molar-refractivity contribution in [2.45, 2.75) is 19.9 Å². The number of fused-ring (bicyclic) bond motifs is 2. The van der Waals surface area contributed by atoms with Crippen LogP contribution in [0.3, 0.4) is 0 Å². The van der Waals surface area contributed by atoms with Crippen molar-refractivity contribution < 1.29 is 0 Å². The predicted octanol–water partition coefficient (Wildman–Crippen LogP) is 3.38. The molecule has 144 valence electrons. The molecule has 1 aromatic carbocycles. The van der Waals surface area contributed by atoms with Gasteiger partial charge in [0.25, 0.3) is 11.1 Å². The number of aromatic nitrogens is 5. The lowest BCUT2D eigenvalue weighted by atomic mass is 10.2. The number of H-pyrrole nitrogens is 1. The van der Waals surface area contributed by atoms with Crippen LogP contribution in [-0.4, -0.2) is 24.4 Å². The fourth-order valence-electron chi connectivity index (χ4n) is 3.55. The lowest BCUT2D eigenvalue weighted by Crippen LogP contribution is -2.28. The van der Waals surface area contributed by atoms with Crippen LogP contribution in [0.4, 0.5) is 0 Å². The molecule has 0 radical (unpaired) electrons. The third-order valence-electron chi connectivity index (χ3n) is 5.16. The molecule has 0 spiro atoms. The molecule has 4 aromatic heterocycles. The minimum absolute atomic E-state index is 0.206. The summed E-state index contributed by atoms with van der Waals surface area (Å²) in [7, 11) is 0. The van der Waals surface area contributed by atoms with Crippen LogP contribution in [0.15, 0.2) is 63.6 Å². The van der Waals surface area contributed by atoms with E-state index in [0.717, 1.165) is 21.5 Å². The molecule has 1 atom stereocenters. The Kier molecular flexibility index (Phi) is 3.95. The Hall–Kier alpha value is -3.52. The molecule has 8 heteroatoms. The number of aryl methyl sites for hydroxylation is 1. The minimum atomic E-state index is -0.482. The maximum atomic E-state index is 12.9. The van der Waals surface area contributed by atoms with Crippen molar-refractivity contribution >= 4 is 27.8 Å². The first kappa shape index (κ1) is 17.6. The summed E-state index contributed by atoms with van der Waals surface area (Å²) in [5, 5.41) is 10.8. The average Bonchev–Trinajstić information content (AvgIpc) is 3.37. The summed E-state index contributed by atoms with van der Waals surface area (Å²) in [6.45, 7) is 3.76. The molecule has 0 aliphatic rings. The monoisotopic (exact) mass is 403 g/mol. The highest BCUT2D eigenvalue weighted by Crippen LogP contribution is 2.28. The molecule has 5 aromatic rings. The Morgan fingerprint density at radius 2 is 1.97 bits per heavy atom. The van der Waals surface area contributed by atoms with Crippen LogP contribution >= 0.6 is 11.3 Å². The van der Waals surface area contributed by atoms with Gasteiger partial charge in [-0.2, -0.15) is 5.10 Å². The topological polar surface area (TPSA) is 85.0 Å². The van der Waals surface area contributed by atoms with E-state index in [1.54, 1.807) is 23.6 Å². The molecule has 0 bridgehead atoms. The molecule has 29 heavy (non-hydrogen) atoms. The maximum Gasteiger partial charge on any atom is 0.275 e. The third-order valence-corrected chi connectivity index (χ3v) is 6.04. The van der Waals surface area contributed by atoms with E-state index in [9.17, 15) is 9.59 Å². The average molecular weight is 403 g/mol. The summed E-state index contributed by atoms with van der Waals surface area (Å²) in [5.41, 5.74) is 2.38. The Morgan fingerprint density at radius 3 is 2.76 bits per heavy atom. The lowest BCUT2D eigenvalue weighted by Gasteiger charge is -2.14. The van der Waals surface area contributed by atoms with Gasteiger partial charge in [0.15, 0.2) is 5.65 Å². The molecule has 0 saturated carbocycles. The van der Waals surface area contributed by atoms with Gasteiger partial charge in [-0.3, -0.25) is 14.7 Å². The van der Waals surface area contributed by atoms with Gasteiger partial charge >= 0.3 is 0 Å². The van der Waals surface area contributed by atoms with Crippen molar-refractivity contribution in [2.75, 3.05) is 0 Å². The molecule has 0 saturated heterocycles. The van der Waals surface area contributed by atoms with Crippen molar-refractivity contribution in [3.63, 3.8) is 0 Å². The number of hydrogen-bond acceptors (Lipinski definition) is 5. The molecule has 1 N–H and O–H groups in total. The summed E-state index contributed by atoms with van der Waals surface area (Å²) >= 11 is 1.59. The molecule has 0 amide bonds. The van der Waals surface area contributed by atoms with E-state index < -0.39 is 6.04 Å². The summed E-state index contributed by atoms with van der Waals surface area (Å²) in [4.78, 5) is 31.4. The smallest absolute Gasteiger partial charge is 0.275 e. The minimum Gasteiger partial charge on any atom is -0.288 e. The Balaban J connectivity index is 1.68. The number of nitrogens with one attached hydrogen (secondary N) is 1. The van der Waals surface area contributed by atoms with Gasteiger partial charge in [0, 0.05) is 17.0 Å². The summed E-state index contributed by atoms with van der Waals surface area (Å²) in [6.07, 6.45) is 1.66. The Labute approximate surface area is 168 Å². The van der Waals surface area contributed by atoms with E-state index >= 15 is 0 Å². The van der Waals surface area contributed by atoms with Crippen molar-refractivity contribution in [3.8, 4) is 10.6 Å². The summed E-state index contributed by atoms with van der Waals surface area (Å²) < 4.78 is 2.82. The van der Waals surface area contributed by atoms with Crippen molar-refractivity contribution in [1.29, 1.82) is 0 Å². The van der Waals surface area contributed by atoms with Crippen LogP contribution < -0.4 is 11.1 Å². The van der Waals surface area contributed by atoms with E-state index in [0.29, 0.717) is 16.7 Å². The van der Waals surface area contributed by atoms with Gasteiger partial charge < -0.3 is 0 Å². The van der Waals surface area contributed by atoms with E-state index in [-0.39, 0.29) is 11.1 Å². The predicted molar refractivity (Wildman–Crippen MR) is 114 cm³/mol. The zero-order chi connectivity index (χ0) is 20.1. The molecule has 0 aliphatic heterocycles. The number of hydrogen-bond donors (Lipinski definition) is 1. The first-order valence-corrected chi connectivity index (χ1v) is 10.1. The molecule has 0 unspecified atom stereocenters. The molecular weight excluding hydrogens is 386 g/mol. The number of thiophene rings is 1. The highest BCUT2D eigenvalue weighted by molar-refractivity contribution is 7.13. The second-order valence-electron chi connectivity index (χ2n) is 6.92. The third kappa shape index (κ3) is 2.72. The van der Waals surface area contributed by atoms with Gasteiger partial charge in [0.2, 0.25) is 0 Å². The highest BCUT2D eigenvalue weighted by Gasteiger charge is 2.19. The van der Waals surface area contributed by atoms with Gasteiger partial charge in [-0.15, -0.1) is 11.3 Å². The van der Waals surface area contributed by atoms with E-state index in [2.05, 4.69) is 10.2 Å². The zero-order valence-electron chi connectivity index (χ0n) is 15.8. The van der Waals surface area contributed by atoms with E-state index in [1.165, 1.54) is 15.3 Å². The first-order chi connectivity index (χ1) is 14.0. The summed E-state index contributed by atoms with van der Waals surface area (Å²) in [5.74, 6) is 0. The normalized spacial score (nSPS) is 12.6. The molecule has 4 heterocycles. The molecule has 7 nitrogen and oxygen atoms in total. The number of rotatable bonds is 3. The SMILES string of the molecule is Cc1c(-c2cccs2)[nH]n2c(=O)cc([C@@H](C)n3ncc4ccccc4c3=O)nc12. The zero-order valence-corrected chi connectivity index (χ0v) is 16.6. The van der Waals surface area contributed by atoms with Crippen LogP contribution in [0.1, 0.15) is 24.2 Å². The molecular formula is C21H17N5O2S. The standard InChI is InChI=1S/C21H17N5O2S/c1-12-19(17-8-5-9-29-17)24-26-18(27)10-16(23-20(12)26)13(2)25-21(28)15-7-4-3-6-14(15)11-22-25/h3-11,13,24H,1-2H3/t13-/m1/s1. The van der Waals surface area contributed by atoms with Crippen molar-refractivity contribution in [2.24, 2.45) is 0 Å². The van der Waals surface area contributed by atoms with Crippen LogP contribution in [0.2, 0.25) is 0 Å². The van der Waals surface area contributed by atoms with Gasteiger partial charge in [0.05, 0.1) is 33.9 Å². The second kappa shape index (κ2) is 6.52. The summed E-state index contributed by atoms with van der Waals surface area (Å²) in [6, 6.07) is 12.3. The fourth-order valence-corrected chi connectivity index (χ4v) is 4.33. The first-order valence-electron chi connectivity index (χ1n) is 9.17. The lowest BCUT2D eigenvalue weighted by molar-refractivity contribution is 0.524. The quantitative estimate of drug-likeness (QED) is 0.500. The second-order valence-corrected chi connectivity index (χ2v) is 7.87. The van der Waals surface area contributed by atoms with E-state index in [4.69, 9.17) is 4.98 Å². The van der Waals surface area contributed by atoms with Gasteiger partial charge in [-0.1, -0.05) is 24.3 Å². The van der Waals surface area contributed by atoms with Crippen molar-refractivity contribution in [3.05, 3.63) is 86.0 Å². The van der Waals surface area contributed by atoms with Crippen LogP contribution in [-0.2, 0) is 0 Å². The molecule has 0 aliphatic carbocycles. The van der Waals surface area contributed by atoms with Crippen molar-refractivity contribution in [1.82, 2.24) is 24.4 Å². The Bertz CT molecular complexity index is 1480. The largest absolute Gasteiger partial charge is 0.288 e. The number of nitrogens with zero attached hydrogens (tertiary/aromatic N) is 4. The van der Waals surface area contributed by atoms with Gasteiger partial charge in [0.1, 0.15) is 0 Å². The molecule has 5 rings (SSSR count). The van der Waals surface area contributed by atoms with Gasteiger partial charge in [-0.25, -0.2) is 14.2 Å². The van der Waals surface area contributed by atoms with Crippen LogP contribution in [0.25, 0.3) is 27.0 Å². The fraction of sp³-hybridized carbons (Fsp3) is 0.143. The van der Waals surface area contributed by atoms with Crippen LogP contribution in [0, 0.1) is 6.92 Å². The number of benzene rings is 1.